The summed E-state index contributed by atoms with van der Waals surface area (Å²) < 4.78 is 35.4. The van der Waals surface area contributed by atoms with Gasteiger partial charge in [-0.2, -0.15) is 9.97 Å². The molecule has 4 fully saturated rings. The third-order valence-corrected chi connectivity index (χ3v) is 10.6. The van der Waals surface area contributed by atoms with E-state index in [4.69, 9.17) is 26.1 Å². The smallest absolute Gasteiger partial charge is 0.319 e. The van der Waals surface area contributed by atoms with Gasteiger partial charge in [0, 0.05) is 49.9 Å². The molecule has 0 amide bonds. The van der Waals surface area contributed by atoms with E-state index < -0.39 is 12.0 Å². The number of aromatic hydroxyl groups is 1. The standard InChI is InChI=1S/C32H32F2N6O2S/c1-2-24-25(34)7-4-18-10-23(41)11-19(27(18)24)12-26-36-28-29(39-15-21-5-6-22(16-39)35-21)37-31(38-30(28)43-26)42-17-32-8-3-9-40(32)14-20(33)13-32/h1,4,7,10-11,20-22,35,41H,3,5-6,8-9,12-17H2/t20?,21?,22?,32-/m0/s1. The molecular formula is C32H32F2N6O2S. The summed E-state index contributed by atoms with van der Waals surface area (Å²) in [4.78, 5) is 19.9. The first kappa shape index (κ1) is 27.0. The molecule has 0 saturated carbocycles. The molecule has 4 aromatic rings. The lowest BCUT2D eigenvalue weighted by atomic mass is 9.95. The molecule has 11 heteroatoms. The Bertz CT molecular complexity index is 1780. The average molecular weight is 603 g/mol. The number of thiazole rings is 1. The van der Waals surface area contributed by atoms with Crippen molar-refractivity contribution in [2.75, 3.05) is 37.7 Å². The van der Waals surface area contributed by atoms with Crippen LogP contribution in [-0.4, -0.2) is 81.5 Å². The molecule has 2 aromatic carbocycles. The number of phenols is 1. The first-order valence-corrected chi connectivity index (χ1v) is 15.8. The molecule has 0 aliphatic carbocycles. The van der Waals surface area contributed by atoms with Gasteiger partial charge in [-0.25, -0.2) is 13.8 Å². The molecule has 8 rings (SSSR count). The molecule has 2 N–H and O–H groups in total. The molecule has 4 aliphatic rings. The third-order valence-electron chi connectivity index (χ3n) is 9.63. The largest absolute Gasteiger partial charge is 0.508 e. The van der Waals surface area contributed by atoms with Crippen molar-refractivity contribution in [2.45, 2.75) is 62.3 Å². The number of hydrogen-bond acceptors (Lipinski definition) is 9. The number of anilines is 1. The normalized spacial score (nSPS) is 26.8. The van der Waals surface area contributed by atoms with E-state index in [1.807, 2.05) is 0 Å². The van der Waals surface area contributed by atoms with Crippen LogP contribution in [0.3, 0.4) is 0 Å². The molecule has 8 nitrogen and oxygen atoms in total. The van der Waals surface area contributed by atoms with Gasteiger partial charge in [-0.05, 0) is 61.4 Å². The monoisotopic (exact) mass is 602 g/mol. The van der Waals surface area contributed by atoms with Crippen LogP contribution in [-0.2, 0) is 6.42 Å². The van der Waals surface area contributed by atoms with E-state index in [1.165, 1.54) is 17.4 Å². The Balaban J connectivity index is 1.18. The number of fused-ring (bicyclic) bond motifs is 5. The summed E-state index contributed by atoms with van der Waals surface area (Å²) in [6, 6.07) is 7.23. The Morgan fingerprint density at radius 1 is 1.16 bits per heavy atom. The highest BCUT2D eigenvalue weighted by atomic mass is 32.1. The summed E-state index contributed by atoms with van der Waals surface area (Å²) in [7, 11) is 0. The van der Waals surface area contributed by atoms with Gasteiger partial charge in [-0.1, -0.05) is 23.3 Å². The van der Waals surface area contributed by atoms with Crippen LogP contribution in [0.1, 0.15) is 48.2 Å². The minimum absolute atomic E-state index is 0.0772. The van der Waals surface area contributed by atoms with Crippen molar-refractivity contribution in [2.24, 2.45) is 0 Å². The fraction of sp³-hybridized carbons (Fsp3) is 0.469. The van der Waals surface area contributed by atoms with Gasteiger partial charge in [0.2, 0.25) is 0 Å². The van der Waals surface area contributed by atoms with Crippen molar-refractivity contribution in [3.05, 3.63) is 46.2 Å². The minimum Gasteiger partial charge on any atom is -0.508 e. The molecule has 0 radical (unpaired) electrons. The van der Waals surface area contributed by atoms with E-state index in [0.29, 0.717) is 64.8 Å². The molecule has 2 aromatic heterocycles. The third kappa shape index (κ3) is 4.67. The van der Waals surface area contributed by atoms with Crippen LogP contribution in [0.15, 0.2) is 24.3 Å². The second-order valence-electron chi connectivity index (χ2n) is 12.4. The molecule has 2 bridgehead atoms. The molecular weight excluding hydrogens is 570 g/mol. The number of rotatable bonds is 6. The molecule has 222 valence electrons. The van der Waals surface area contributed by atoms with E-state index in [1.54, 1.807) is 18.2 Å². The second kappa shape index (κ2) is 10.3. The Morgan fingerprint density at radius 3 is 2.81 bits per heavy atom. The van der Waals surface area contributed by atoms with Gasteiger partial charge in [-0.3, -0.25) is 4.90 Å². The summed E-state index contributed by atoms with van der Waals surface area (Å²) in [5.41, 5.74) is 1.26. The summed E-state index contributed by atoms with van der Waals surface area (Å²) >= 11 is 1.43. The average Bonchev–Trinajstić information content (AvgIpc) is 3.73. The number of aromatic nitrogens is 3. The predicted molar refractivity (Wildman–Crippen MR) is 162 cm³/mol. The Labute approximate surface area is 252 Å². The topological polar surface area (TPSA) is 86.6 Å². The van der Waals surface area contributed by atoms with E-state index in [-0.39, 0.29) is 22.9 Å². The van der Waals surface area contributed by atoms with Crippen LogP contribution >= 0.6 is 11.3 Å². The SMILES string of the molecule is C#Cc1c(F)ccc2cc(O)cc(Cc3nc4c(N5CC6CCC(C5)N6)nc(OC[C@@]56CCCN5CC(F)C6)nc4s3)c12. The van der Waals surface area contributed by atoms with Crippen molar-refractivity contribution in [3.8, 4) is 24.1 Å². The second-order valence-corrected chi connectivity index (χ2v) is 13.5. The van der Waals surface area contributed by atoms with Gasteiger partial charge >= 0.3 is 6.01 Å². The van der Waals surface area contributed by atoms with Crippen LogP contribution in [0.5, 0.6) is 11.8 Å². The first-order chi connectivity index (χ1) is 20.9. The highest BCUT2D eigenvalue weighted by Gasteiger charge is 2.49. The first-order valence-electron chi connectivity index (χ1n) is 15.0. The zero-order valence-corrected chi connectivity index (χ0v) is 24.5. The number of piperazine rings is 1. The minimum atomic E-state index is -0.833. The van der Waals surface area contributed by atoms with Gasteiger partial charge in [-0.15, -0.1) is 6.42 Å². The number of nitrogens with zero attached hydrogens (tertiary/aromatic N) is 5. The van der Waals surface area contributed by atoms with Gasteiger partial charge in [0.1, 0.15) is 34.9 Å². The number of halogens is 2. The van der Waals surface area contributed by atoms with Crippen molar-refractivity contribution in [3.63, 3.8) is 0 Å². The molecule has 4 atom stereocenters. The van der Waals surface area contributed by atoms with Crippen LogP contribution < -0.4 is 15.0 Å². The van der Waals surface area contributed by atoms with Crippen LogP contribution in [0, 0.1) is 18.2 Å². The summed E-state index contributed by atoms with van der Waals surface area (Å²) in [5.74, 6) is 2.83. The summed E-state index contributed by atoms with van der Waals surface area (Å²) in [6.07, 6.45) is 9.89. The lowest BCUT2D eigenvalue weighted by molar-refractivity contribution is 0.107. The van der Waals surface area contributed by atoms with Crippen LogP contribution in [0.25, 0.3) is 21.1 Å². The maximum absolute atomic E-state index is 14.7. The highest BCUT2D eigenvalue weighted by Crippen LogP contribution is 2.41. The Morgan fingerprint density at radius 2 is 2.00 bits per heavy atom. The van der Waals surface area contributed by atoms with Crippen molar-refractivity contribution in [1.29, 1.82) is 0 Å². The number of ether oxygens (including phenoxy) is 1. The zero-order chi connectivity index (χ0) is 29.3. The van der Waals surface area contributed by atoms with Crippen molar-refractivity contribution < 1.29 is 18.6 Å². The van der Waals surface area contributed by atoms with E-state index in [0.717, 1.165) is 56.1 Å². The van der Waals surface area contributed by atoms with Crippen molar-refractivity contribution in [1.82, 2.24) is 25.2 Å². The fourth-order valence-electron chi connectivity index (χ4n) is 7.76. The molecule has 6 heterocycles. The number of benzene rings is 2. The predicted octanol–water partition coefficient (Wildman–Crippen LogP) is 4.55. The number of terminal acetylenes is 1. The molecule has 0 spiro atoms. The van der Waals surface area contributed by atoms with Crippen LogP contribution in [0.2, 0.25) is 0 Å². The summed E-state index contributed by atoms with van der Waals surface area (Å²) in [6.45, 7) is 3.35. The lowest BCUT2D eigenvalue weighted by Gasteiger charge is -2.34. The number of hydrogen-bond donors (Lipinski definition) is 2. The van der Waals surface area contributed by atoms with Gasteiger partial charge in [0.15, 0.2) is 10.6 Å². The molecule has 3 unspecified atom stereocenters. The van der Waals surface area contributed by atoms with Crippen LogP contribution in [0.4, 0.5) is 14.6 Å². The van der Waals surface area contributed by atoms with Gasteiger partial charge in [0.05, 0.1) is 11.1 Å². The lowest BCUT2D eigenvalue weighted by Crippen LogP contribution is -2.51. The maximum Gasteiger partial charge on any atom is 0.319 e. The Kier molecular flexibility index (Phi) is 6.44. The van der Waals surface area contributed by atoms with Gasteiger partial charge in [0.25, 0.3) is 0 Å². The number of phenolic OH excluding ortho intramolecular Hbond substituents is 1. The molecule has 43 heavy (non-hydrogen) atoms. The fourth-order valence-corrected chi connectivity index (χ4v) is 8.71. The van der Waals surface area contributed by atoms with E-state index in [9.17, 15) is 13.9 Å². The van der Waals surface area contributed by atoms with Crippen molar-refractivity contribution >= 4 is 38.3 Å². The zero-order valence-electron chi connectivity index (χ0n) is 23.7. The van der Waals surface area contributed by atoms with Gasteiger partial charge < -0.3 is 20.1 Å². The highest BCUT2D eigenvalue weighted by molar-refractivity contribution is 7.18. The summed E-state index contributed by atoms with van der Waals surface area (Å²) in [5, 5.41) is 16.1. The number of alkyl halides is 1. The van der Waals surface area contributed by atoms with E-state index >= 15 is 0 Å². The quantitative estimate of drug-likeness (QED) is 0.311. The Hall–Kier alpha value is -3.59. The number of nitrogens with one attached hydrogen (secondary N) is 1. The molecule has 4 aliphatic heterocycles. The van der Waals surface area contributed by atoms with E-state index in [2.05, 4.69) is 21.0 Å². The molecule has 4 saturated heterocycles. The maximum atomic E-state index is 14.7.